The van der Waals surface area contributed by atoms with Crippen molar-refractivity contribution in [3.8, 4) is 0 Å². The smallest absolute Gasteiger partial charge is 0.371 e. The van der Waals surface area contributed by atoms with Crippen LogP contribution in [0.4, 0.5) is 0 Å². The number of furan rings is 1. The third-order valence-electron chi connectivity index (χ3n) is 3.36. The van der Waals surface area contributed by atoms with Crippen LogP contribution in [0.1, 0.15) is 23.4 Å². The Morgan fingerprint density at radius 1 is 1.55 bits per heavy atom. The van der Waals surface area contributed by atoms with E-state index in [1.165, 1.54) is 10.4 Å². The maximum Gasteiger partial charge on any atom is 0.371 e. The molecule has 1 fully saturated rings. The SMILES string of the molecule is CNCC1CCCN(S(=O)(=O)c2ccc(C(=O)O)o2)C1. The van der Waals surface area contributed by atoms with Crippen molar-refractivity contribution in [2.45, 2.75) is 17.9 Å². The molecule has 0 saturated carbocycles. The van der Waals surface area contributed by atoms with Gasteiger partial charge in [0, 0.05) is 13.1 Å². The summed E-state index contributed by atoms with van der Waals surface area (Å²) >= 11 is 0. The van der Waals surface area contributed by atoms with Crippen molar-refractivity contribution in [3.63, 3.8) is 0 Å². The Morgan fingerprint density at radius 3 is 2.90 bits per heavy atom. The highest BCUT2D eigenvalue weighted by atomic mass is 32.2. The molecular weight excluding hydrogens is 284 g/mol. The normalized spacial score (nSPS) is 20.9. The fraction of sp³-hybridized carbons (Fsp3) is 0.583. The molecule has 2 N–H and O–H groups in total. The Hall–Kier alpha value is -1.38. The van der Waals surface area contributed by atoms with Gasteiger partial charge < -0.3 is 14.8 Å². The Kier molecular flexibility index (Phi) is 4.46. The van der Waals surface area contributed by atoms with Crippen LogP contribution < -0.4 is 5.32 Å². The highest BCUT2D eigenvalue weighted by molar-refractivity contribution is 7.89. The van der Waals surface area contributed by atoms with E-state index in [-0.39, 0.29) is 16.8 Å². The van der Waals surface area contributed by atoms with Gasteiger partial charge in [-0.3, -0.25) is 0 Å². The van der Waals surface area contributed by atoms with Crippen LogP contribution >= 0.6 is 0 Å². The Morgan fingerprint density at radius 2 is 2.30 bits per heavy atom. The van der Waals surface area contributed by atoms with Gasteiger partial charge in [0.1, 0.15) is 0 Å². The van der Waals surface area contributed by atoms with Gasteiger partial charge in [-0.15, -0.1) is 0 Å². The maximum absolute atomic E-state index is 12.4. The molecule has 1 unspecified atom stereocenters. The molecule has 20 heavy (non-hydrogen) atoms. The molecule has 1 aromatic heterocycles. The Balaban J connectivity index is 2.18. The van der Waals surface area contributed by atoms with E-state index >= 15 is 0 Å². The minimum absolute atomic E-state index is 0.262. The van der Waals surface area contributed by atoms with Crippen molar-refractivity contribution in [2.75, 3.05) is 26.7 Å². The standard InChI is InChI=1S/C12H18N2O5S/c1-13-7-9-3-2-6-14(8-9)20(17,18)11-5-4-10(19-11)12(15)16/h4-5,9,13H,2-3,6-8H2,1H3,(H,15,16). The van der Waals surface area contributed by atoms with E-state index in [0.29, 0.717) is 13.1 Å². The largest absolute Gasteiger partial charge is 0.475 e. The number of piperidine rings is 1. The number of carboxylic acid groups (broad SMARTS) is 1. The van der Waals surface area contributed by atoms with Gasteiger partial charge in [0.05, 0.1) is 0 Å². The number of carbonyl (C=O) groups is 1. The molecule has 1 saturated heterocycles. The molecule has 0 amide bonds. The van der Waals surface area contributed by atoms with Gasteiger partial charge in [0.2, 0.25) is 10.9 Å². The topological polar surface area (TPSA) is 99.9 Å². The predicted octanol–water partition coefficient (Wildman–Crippen LogP) is 0.598. The van der Waals surface area contributed by atoms with Crippen LogP contribution in [0.2, 0.25) is 0 Å². The van der Waals surface area contributed by atoms with E-state index in [9.17, 15) is 13.2 Å². The number of rotatable bonds is 5. The molecule has 7 nitrogen and oxygen atoms in total. The summed E-state index contributed by atoms with van der Waals surface area (Å²) in [5.41, 5.74) is 0. The highest BCUT2D eigenvalue weighted by Crippen LogP contribution is 2.24. The second-order valence-corrected chi connectivity index (χ2v) is 6.72. The highest BCUT2D eigenvalue weighted by Gasteiger charge is 2.32. The minimum atomic E-state index is -3.75. The first kappa shape index (κ1) is 15.0. The summed E-state index contributed by atoms with van der Waals surface area (Å²) in [6.45, 7) is 1.61. The number of hydrogen-bond acceptors (Lipinski definition) is 5. The van der Waals surface area contributed by atoms with Crippen molar-refractivity contribution in [1.29, 1.82) is 0 Å². The molecule has 0 bridgehead atoms. The molecule has 1 aliphatic rings. The van der Waals surface area contributed by atoms with Crippen LogP contribution in [0.15, 0.2) is 21.6 Å². The predicted molar refractivity (Wildman–Crippen MR) is 71.1 cm³/mol. The van der Waals surface area contributed by atoms with Gasteiger partial charge in [-0.2, -0.15) is 4.31 Å². The van der Waals surface area contributed by atoms with Crippen LogP contribution in [0.3, 0.4) is 0 Å². The van der Waals surface area contributed by atoms with Gasteiger partial charge in [0.25, 0.3) is 10.0 Å². The summed E-state index contributed by atoms with van der Waals surface area (Å²) in [6.07, 6.45) is 1.77. The summed E-state index contributed by atoms with van der Waals surface area (Å²) in [5, 5.41) is 11.5. The van der Waals surface area contributed by atoms with E-state index in [1.807, 2.05) is 7.05 Å². The number of carboxylic acids is 1. The lowest BCUT2D eigenvalue weighted by Gasteiger charge is -2.31. The van der Waals surface area contributed by atoms with Crippen molar-refractivity contribution in [2.24, 2.45) is 5.92 Å². The summed E-state index contributed by atoms with van der Waals surface area (Å²) in [4.78, 5) is 10.7. The molecule has 0 aliphatic carbocycles. The lowest BCUT2D eigenvalue weighted by Crippen LogP contribution is -2.42. The van der Waals surface area contributed by atoms with E-state index in [0.717, 1.165) is 25.5 Å². The van der Waals surface area contributed by atoms with Crippen molar-refractivity contribution in [1.82, 2.24) is 9.62 Å². The second kappa shape index (κ2) is 5.94. The lowest BCUT2D eigenvalue weighted by molar-refractivity contribution is 0.0656. The number of nitrogens with zero attached hydrogens (tertiary/aromatic N) is 1. The quantitative estimate of drug-likeness (QED) is 0.826. The van der Waals surface area contributed by atoms with Gasteiger partial charge in [-0.25, -0.2) is 13.2 Å². The molecular formula is C12H18N2O5S. The number of nitrogens with one attached hydrogen (secondary N) is 1. The van der Waals surface area contributed by atoms with E-state index < -0.39 is 16.0 Å². The first-order valence-corrected chi connectivity index (χ1v) is 7.87. The lowest BCUT2D eigenvalue weighted by atomic mass is 10.00. The monoisotopic (exact) mass is 302 g/mol. The van der Waals surface area contributed by atoms with E-state index in [4.69, 9.17) is 9.52 Å². The summed E-state index contributed by atoms with van der Waals surface area (Å²) in [7, 11) is -1.92. The van der Waals surface area contributed by atoms with Crippen molar-refractivity contribution < 1.29 is 22.7 Å². The minimum Gasteiger partial charge on any atom is -0.475 e. The fourth-order valence-electron chi connectivity index (χ4n) is 2.40. The van der Waals surface area contributed by atoms with Crippen LogP contribution in [0.25, 0.3) is 0 Å². The van der Waals surface area contributed by atoms with Crippen LogP contribution in [0.5, 0.6) is 0 Å². The Bertz CT molecular complexity index is 578. The zero-order valence-electron chi connectivity index (χ0n) is 11.2. The number of hydrogen-bond donors (Lipinski definition) is 2. The van der Waals surface area contributed by atoms with E-state index in [2.05, 4.69) is 5.32 Å². The van der Waals surface area contributed by atoms with Crippen LogP contribution in [-0.4, -0.2) is 50.5 Å². The Labute approximate surface area is 117 Å². The molecule has 1 aliphatic heterocycles. The third kappa shape index (κ3) is 3.02. The molecule has 2 heterocycles. The van der Waals surface area contributed by atoms with Gasteiger partial charge in [0.15, 0.2) is 0 Å². The second-order valence-electron chi connectivity index (χ2n) is 4.85. The third-order valence-corrected chi connectivity index (χ3v) is 5.10. The average molecular weight is 302 g/mol. The zero-order chi connectivity index (χ0) is 14.8. The first-order valence-electron chi connectivity index (χ1n) is 6.43. The van der Waals surface area contributed by atoms with Gasteiger partial charge in [-0.05, 0) is 44.5 Å². The molecule has 2 rings (SSSR count). The number of sulfonamides is 1. The maximum atomic E-state index is 12.4. The zero-order valence-corrected chi connectivity index (χ0v) is 12.0. The summed E-state index contributed by atoms with van der Waals surface area (Å²) in [6, 6.07) is 2.35. The number of aromatic carboxylic acids is 1. The fourth-order valence-corrected chi connectivity index (χ4v) is 3.87. The molecule has 8 heteroatoms. The van der Waals surface area contributed by atoms with Crippen molar-refractivity contribution in [3.05, 3.63) is 17.9 Å². The van der Waals surface area contributed by atoms with Gasteiger partial charge in [-0.1, -0.05) is 0 Å². The molecule has 1 aromatic rings. The van der Waals surface area contributed by atoms with Crippen LogP contribution in [-0.2, 0) is 10.0 Å². The molecule has 1 atom stereocenters. The average Bonchev–Trinajstić information content (AvgIpc) is 2.90. The summed E-state index contributed by atoms with van der Waals surface area (Å²) < 4.78 is 31.1. The molecule has 0 radical (unpaired) electrons. The van der Waals surface area contributed by atoms with Crippen molar-refractivity contribution >= 4 is 16.0 Å². The summed E-state index contributed by atoms with van der Waals surface area (Å²) in [5.74, 6) is -1.39. The molecule has 0 spiro atoms. The van der Waals surface area contributed by atoms with E-state index in [1.54, 1.807) is 0 Å². The van der Waals surface area contributed by atoms with Crippen LogP contribution in [0, 0.1) is 5.92 Å². The van der Waals surface area contributed by atoms with Gasteiger partial charge >= 0.3 is 5.97 Å². The molecule has 0 aromatic carbocycles. The molecule has 112 valence electrons. The first-order chi connectivity index (χ1) is 9.45.